The van der Waals surface area contributed by atoms with Gasteiger partial charge in [-0.3, -0.25) is 0 Å². The van der Waals surface area contributed by atoms with Crippen LogP contribution in [0, 0.1) is 0 Å². The van der Waals surface area contributed by atoms with Crippen molar-refractivity contribution in [2.45, 2.75) is 42.4 Å². The molecule has 0 amide bonds. The zero-order valence-corrected chi connectivity index (χ0v) is 11.9. The average Bonchev–Trinajstić information content (AvgIpc) is 2.98. The van der Waals surface area contributed by atoms with E-state index in [0.29, 0.717) is 5.25 Å². The van der Waals surface area contributed by atoms with Gasteiger partial charge < -0.3 is 0 Å². The summed E-state index contributed by atoms with van der Waals surface area (Å²) in [6.45, 7) is 0. The van der Waals surface area contributed by atoms with E-state index in [9.17, 15) is 0 Å². The molecule has 2 heterocycles. The van der Waals surface area contributed by atoms with Gasteiger partial charge in [0.2, 0.25) is 5.65 Å². The molecule has 20 heavy (non-hydrogen) atoms. The third-order valence-electron chi connectivity index (χ3n) is 3.82. The normalized spacial score (nSPS) is 17.0. The van der Waals surface area contributed by atoms with Crippen LogP contribution in [0.1, 0.15) is 32.1 Å². The molecule has 2 aromatic heterocycles. The Kier molecular flexibility index (Phi) is 3.03. The van der Waals surface area contributed by atoms with E-state index in [-0.39, 0.29) is 0 Å². The van der Waals surface area contributed by atoms with Crippen LogP contribution < -0.4 is 0 Å². The second kappa shape index (κ2) is 5.01. The quantitative estimate of drug-likeness (QED) is 0.724. The van der Waals surface area contributed by atoms with E-state index in [2.05, 4.69) is 15.5 Å². The minimum atomic E-state index is 0.651. The van der Waals surface area contributed by atoms with Gasteiger partial charge in [0.15, 0.2) is 0 Å². The average molecular weight is 285 g/mol. The molecule has 102 valence electrons. The second-order valence-electron chi connectivity index (χ2n) is 5.20. The maximum atomic E-state index is 4.77. The number of fused-ring (bicyclic) bond motifs is 3. The lowest BCUT2D eigenvalue weighted by Gasteiger charge is -2.20. The number of nitrogens with zero attached hydrogens (tertiary/aromatic N) is 5. The minimum Gasteiger partial charge on any atom is -0.236 e. The summed E-state index contributed by atoms with van der Waals surface area (Å²) >= 11 is 1.84. The van der Waals surface area contributed by atoms with Crippen molar-refractivity contribution in [1.29, 1.82) is 0 Å². The lowest BCUT2D eigenvalue weighted by Crippen LogP contribution is -2.09. The lowest BCUT2D eigenvalue weighted by atomic mass is 10.0. The number of thioether (sulfide) groups is 1. The van der Waals surface area contributed by atoms with Gasteiger partial charge in [0.25, 0.3) is 0 Å². The number of para-hydroxylation sites is 2. The Balaban J connectivity index is 1.82. The number of rotatable bonds is 2. The van der Waals surface area contributed by atoms with E-state index in [1.165, 1.54) is 32.1 Å². The molecule has 0 spiro atoms. The highest BCUT2D eigenvalue weighted by atomic mass is 32.2. The fourth-order valence-corrected chi connectivity index (χ4v) is 4.07. The van der Waals surface area contributed by atoms with Gasteiger partial charge in [-0.15, -0.1) is 5.10 Å². The summed E-state index contributed by atoms with van der Waals surface area (Å²) in [6.07, 6.45) is 6.56. The number of aromatic nitrogens is 5. The van der Waals surface area contributed by atoms with Crippen LogP contribution in [0.15, 0.2) is 29.3 Å². The molecule has 0 atom stereocenters. The van der Waals surface area contributed by atoms with E-state index in [4.69, 9.17) is 4.98 Å². The maximum Gasteiger partial charge on any atom is 0.212 e. The van der Waals surface area contributed by atoms with E-state index in [0.717, 1.165) is 21.7 Å². The first-order valence-corrected chi connectivity index (χ1v) is 7.93. The molecule has 1 aliphatic carbocycles. The fourth-order valence-electron chi connectivity index (χ4n) is 2.80. The van der Waals surface area contributed by atoms with Gasteiger partial charge in [-0.1, -0.05) is 43.2 Å². The van der Waals surface area contributed by atoms with Crippen LogP contribution >= 0.6 is 11.8 Å². The first kappa shape index (κ1) is 12.1. The predicted molar refractivity (Wildman–Crippen MR) is 78.8 cm³/mol. The van der Waals surface area contributed by atoms with Crippen LogP contribution in [0.2, 0.25) is 0 Å². The summed E-state index contributed by atoms with van der Waals surface area (Å²) in [5, 5.41) is 13.7. The van der Waals surface area contributed by atoms with Crippen LogP contribution in [0.4, 0.5) is 0 Å². The van der Waals surface area contributed by atoms with Crippen molar-refractivity contribution >= 4 is 28.4 Å². The SMILES string of the molecule is c1ccc2c(c1)nc(SC1CCCCC1)c1nnnn12. The molecule has 1 aliphatic rings. The van der Waals surface area contributed by atoms with Crippen LogP contribution in [-0.4, -0.2) is 30.3 Å². The highest BCUT2D eigenvalue weighted by Gasteiger charge is 2.19. The molecule has 5 nitrogen and oxygen atoms in total. The first-order valence-electron chi connectivity index (χ1n) is 7.05. The Morgan fingerprint density at radius 1 is 1.10 bits per heavy atom. The Hall–Kier alpha value is -1.69. The summed E-state index contributed by atoms with van der Waals surface area (Å²) in [5.74, 6) is 0. The molecule has 0 unspecified atom stereocenters. The van der Waals surface area contributed by atoms with Crippen molar-refractivity contribution in [1.82, 2.24) is 25.0 Å². The molecule has 0 saturated heterocycles. The van der Waals surface area contributed by atoms with Gasteiger partial charge in [0.1, 0.15) is 5.03 Å². The Labute approximate surface area is 120 Å². The van der Waals surface area contributed by atoms with Crippen molar-refractivity contribution in [2.24, 2.45) is 0 Å². The molecule has 0 aliphatic heterocycles. The smallest absolute Gasteiger partial charge is 0.212 e. The molecule has 6 heteroatoms. The molecule has 0 N–H and O–H groups in total. The zero-order valence-electron chi connectivity index (χ0n) is 11.1. The number of hydrogen-bond donors (Lipinski definition) is 0. The van der Waals surface area contributed by atoms with Crippen molar-refractivity contribution < 1.29 is 0 Å². The van der Waals surface area contributed by atoms with Crippen LogP contribution in [0.3, 0.4) is 0 Å². The van der Waals surface area contributed by atoms with Gasteiger partial charge >= 0.3 is 0 Å². The monoisotopic (exact) mass is 285 g/mol. The summed E-state index contributed by atoms with van der Waals surface area (Å²) in [7, 11) is 0. The largest absolute Gasteiger partial charge is 0.236 e. The van der Waals surface area contributed by atoms with Gasteiger partial charge in [-0.05, 0) is 35.4 Å². The maximum absolute atomic E-state index is 4.77. The molecule has 1 saturated carbocycles. The number of tetrazole rings is 1. The van der Waals surface area contributed by atoms with Gasteiger partial charge in [0.05, 0.1) is 11.0 Å². The molecular formula is C14H15N5S. The Morgan fingerprint density at radius 2 is 1.95 bits per heavy atom. The van der Waals surface area contributed by atoms with E-state index in [1.807, 2.05) is 36.0 Å². The first-order chi connectivity index (χ1) is 9.92. The molecule has 0 radical (unpaired) electrons. The van der Waals surface area contributed by atoms with Gasteiger partial charge in [-0.25, -0.2) is 4.98 Å². The highest BCUT2D eigenvalue weighted by Crippen LogP contribution is 2.34. The van der Waals surface area contributed by atoms with Gasteiger partial charge in [0, 0.05) is 5.25 Å². The van der Waals surface area contributed by atoms with Gasteiger partial charge in [-0.2, -0.15) is 4.52 Å². The van der Waals surface area contributed by atoms with E-state index < -0.39 is 0 Å². The zero-order chi connectivity index (χ0) is 13.4. The van der Waals surface area contributed by atoms with Crippen LogP contribution in [-0.2, 0) is 0 Å². The molecule has 1 fully saturated rings. The molecule has 3 aromatic rings. The van der Waals surface area contributed by atoms with Crippen molar-refractivity contribution in [2.75, 3.05) is 0 Å². The number of hydrogen-bond acceptors (Lipinski definition) is 5. The summed E-state index contributed by atoms with van der Waals surface area (Å²) < 4.78 is 1.80. The van der Waals surface area contributed by atoms with Crippen molar-refractivity contribution in [3.8, 4) is 0 Å². The van der Waals surface area contributed by atoms with E-state index >= 15 is 0 Å². The summed E-state index contributed by atoms with van der Waals surface area (Å²) in [5.41, 5.74) is 2.69. The minimum absolute atomic E-state index is 0.651. The van der Waals surface area contributed by atoms with E-state index in [1.54, 1.807) is 4.52 Å². The van der Waals surface area contributed by atoms with Crippen LogP contribution in [0.5, 0.6) is 0 Å². The summed E-state index contributed by atoms with van der Waals surface area (Å²) in [6, 6.07) is 8.00. The molecular weight excluding hydrogens is 270 g/mol. The standard InChI is InChI=1S/C14H15N5S/c1-2-6-10(7-3-1)20-14-13-16-17-18-19(13)12-9-5-4-8-11(12)15-14/h4-5,8-10H,1-3,6-7H2. The Morgan fingerprint density at radius 3 is 2.85 bits per heavy atom. The third-order valence-corrected chi connectivity index (χ3v) is 5.13. The predicted octanol–water partition coefficient (Wildman–Crippen LogP) is 3.10. The Bertz CT molecular complexity index is 747. The van der Waals surface area contributed by atoms with Crippen molar-refractivity contribution in [3.63, 3.8) is 0 Å². The molecule has 4 rings (SSSR count). The molecule has 1 aromatic carbocycles. The van der Waals surface area contributed by atoms with Crippen molar-refractivity contribution in [3.05, 3.63) is 24.3 Å². The third kappa shape index (κ3) is 2.04. The van der Waals surface area contributed by atoms with Crippen LogP contribution in [0.25, 0.3) is 16.7 Å². The highest BCUT2D eigenvalue weighted by molar-refractivity contribution is 8.00. The lowest BCUT2D eigenvalue weighted by molar-refractivity contribution is 0.516. The summed E-state index contributed by atoms with van der Waals surface area (Å²) in [4.78, 5) is 4.77. The second-order valence-corrected chi connectivity index (χ2v) is 6.49. The topological polar surface area (TPSA) is 56.0 Å². The fraction of sp³-hybridized carbons (Fsp3) is 0.429. The number of benzene rings is 1. The molecule has 0 bridgehead atoms.